The summed E-state index contributed by atoms with van der Waals surface area (Å²) in [4.78, 5) is 12.9. The number of carbonyl (C=O) groups excluding carboxylic acids is 1. The van der Waals surface area contributed by atoms with E-state index in [1.807, 2.05) is 0 Å². The zero-order chi connectivity index (χ0) is 19.6. The van der Waals surface area contributed by atoms with Crippen molar-refractivity contribution >= 4 is 56.4 Å². The lowest BCUT2D eigenvalue weighted by molar-refractivity contribution is -0.120. The standard InChI is InChI=1S/C18H17Cl3N2O3S/c19-14-9-16(21)17(10-15(14)20)22-18(24)12-5-4-8-23(11-12)27(25,26)13-6-2-1-3-7-13/h1-3,6-7,9-10,12H,4-5,8,11H2,(H,22,24)/t12-/m1/s1. The second kappa shape index (κ2) is 8.37. The Morgan fingerprint density at radius 2 is 1.70 bits per heavy atom. The summed E-state index contributed by atoms with van der Waals surface area (Å²) in [6.07, 6.45) is 1.19. The minimum absolute atomic E-state index is 0.113. The van der Waals surface area contributed by atoms with E-state index in [0.29, 0.717) is 25.1 Å². The maximum Gasteiger partial charge on any atom is 0.243 e. The van der Waals surface area contributed by atoms with Crippen molar-refractivity contribution in [1.82, 2.24) is 4.31 Å². The van der Waals surface area contributed by atoms with Crippen molar-refractivity contribution in [3.05, 3.63) is 57.5 Å². The van der Waals surface area contributed by atoms with E-state index in [1.54, 1.807) is 30.3 Å². The minimum atomic E-state index is -3.63. The molecule has 0 aliphatic carbocycles. The summed E-state index contributed by atoms with van der Waals surface area (Å²) in [5.41, 5.74) is 0.346. The Kier molecular flexibility index (Phi) is 6.33. The normalized spacial score (nSPS) is 18.3. The number of hydrogen-bond acceptors (Lipinski definition) is 3. The number of hydrogen-bond donors (Lipinski definition) is 1. The van der Waals surface area contributed by atoms with Crippen molar-refractivity contribution in [3.63, 3.8) is 0 Å². The Balaban J connectivity index is 1.75. The third-order valence-electron chi connectivity index (χ3n) is 4.40. The van der Waals surface area contributed by atoms with Gasteiger partial charge in [0.1, 0.15) is 0 Å². The van der Waals surface area contributed by atoms with E-state index in [-0.39, 0.29) is 32.4 Å². The first-order chi connectivity index (χ1) is 12.8. The van der Waals surface area contributed by atoms with Gasteiger partial charge in [-0.25, -0.2) is 8.42 Å². The zero-order valence-corrected chi connectivity index (χ0v) is 17.2. The van der Waals surface area contributed by atoms with Crippen molar-refractivity contribution in [2.45, 2.75) is 17.7 Å². The first kappa shape index (κ1) is 20.4. The summed E-state index contributed by atoms with van der Waals surface area (Å²) >= 11 is 18.0. The van der Waals surface area contributed by atoms with E-state index in [1.165, 1.54) is 16.4 Å². The van der Waals surface area contributed by atoms with Crippen molar-refractivity contribution in [2.24, 2.45) is 5.92 Å². The molecule has 0 spiro atoms. The fourth-order valence-corrected chi connectivity index (χ4v) is 5.11. The topological polar surface area (TPSA) is 66.5 Å². The maximum atomic E-state index is 12.8. The number of piperidine rings is 1. The molecule has 1 aliphatic rings. The maximum absolute atomic E-state index is 12.8. The van der Waals surface area contributed by atoms with Crippen LogP contribution in [0.4, 0.5) is 5.69 Å². The molecule has 2 aromatic carbocycles. The largest absolute Gasteiger partial charge is 0.324 e. The molecule has 1 N–H and O–H groups in total. The van der Waals surface area contributed by atoms with Gasteiger partial charge in [-0.3, -0.25) is 4.79 Å². The van der Waals surface area contributed by atoms with Gasteiger partial charge >= 0.3 is 0 Å². The minimum Gasteiger partial charge on any atom is -0.324 e. The van der Waals surface area contributed by atoms with Crippen LogP contribution in [0.5, 0.6) is 0 Å². The SMILES string of the molecule is O=C(Nc1cc(Cl)c(Cl)cc1Cl)[C@@H]1CCCN(S(=O)(=O)c2ccccc2)C1. The van der Waals surface area contributed by atoms with Crippen molar-refractivity contribution in [2.75, 3.05) is 18.4 Å². The molecule has 5 nitrogen and oxygen atoms in total. The van der Waals surface area contributed by atoms with Crippen molar-refractivity contribution in [1.29, 1.82) is 0 Å². The summed E-state index contributed by atoms with van der Waals surface area (Å²) in [6, 6.07) is 11.1. The van der Waals surface area contributed by atoms with Crippen LogP contribution in [0.15, 0.2) is 47.4 Å². The summed E-state index contributed by atoms with van der Waals surface area (Å²) < 4.78 is 26.9. The van der Waals surface area contributed by atoms with Crippen LogP contribution in [-0.4, -0.2) is 31.7 Å². The van der Waals surface area contributed by atoms with Crippen LogP contribution in [0, 0.1) is 5.92 Å². The molecule has 1 heterocycles. The number of carbonyl (C=O) groups is 1. The molecule has 1 aliphatic heterocycles. The molecule has 0 aromatic heterocycles. The van der Waals surface area contributed by atoms with Gasteiger partial charge in [0.15, 0.2) is 0 Å². The van der Waals surface area contributed by atoms with Gasteiger partial charge in [-0.2, -0.15) is 4.31 Å². The number of sulfonamides is 1. The predicted molar refractivity (Wildman–Crippen MR) is 108 cm³/mol. The fraction of sp³-hybridized carbons (Fsp3) is 0.278. The molecule has 0 unspecified atom stereocenters. The van der Waals surface area contributed by atoms with E-state index in [4.69, 9.17) is 34.8 Å². The van der Waals surface area contributed by atoms with Gasteiger partial charge in [0, 0.05) is 13.1 Å². The second-order valence-electron chi connectivity index (χ2n) is 6.25. The van der Waals surface area contributed by atoms with Crippen LogP contribution < -0.4 is 5.32 Å². The highest BCUT2D eigenvalue weighted by molar-refractivity contribution is 7.89. The van der Waals surface area contributed by atoms with Crippen LogP contribution in [-0.2, 0) is 14.8 Å². The first-order valence-electron chi connectivity index (χ1n) is 8.29. The van der Waals surface area contributed by atoms with Crippen LogP contribution >= 0.6 is 34.8 Å². The number of nitrogens with zero attached hydrogens (tertiary/aromatic N) is 1. The van der Waals surface area contributed by atoms with E-state index >= 15 is 0 Å². The van der Waals surface area contributed by atoms with Crippen LogP contribution in [0.1, 0.15) is 12.8 Å². The number of amides is 1. The summed E-state index contributed by atoms with van der Waals surface area (Å²) in [5.74, 6) is -0.786. The highest BCUT2D eigenvalue weighted by atomic mass is 35.5. The number of benzene rings is 2. The van der Waals surface area contributed by atoms with Gasteiger partial charge in [-0.15, -0.1) is 0 Å². The Labute approximate surface area is 173 Å². The van der Waals surface area contributed by atoms with E-state index in [9.17, 15) is 13.2 Å². The van der Waals surface area contributed by atoms with Crippen molar-refractivity contribution < 1.29 is 13.2 Å². The quantitative estimate of drug-likeness (QED) is 0.692. The molecule has 1 fully saturated rings. The average molecular weight is 448 g/mol. The Morgan fingerprint density at radius 1 is 1.04 bits per heavy atom. The van der Waals surface area contributed by atoms with Crippen LogP contribution in [0.25, 0.3) is 0 Å². The fourth-order valence-electron chi connectivity index (χ4n) is 2.97. The van der Waals surface area contributed by atoms with Gasteiger partial charge in [0.25, 0.3) is 0 Å². The molecule has 0 saturated carbocycles. The van der Waals surface area contributed by atoms with Crippen molar-refractivity contribution in [3.8, 4) is 0 Å². The predicted octanol–water partition coefficient (Wildman–Crippen LogP) is 4.69. The molecule has 27 heavy (non-hydrogen) atoms. The molecular weight excluding hydrogens is 431 g/mol. The second-order valence-corrected chi connectivity index (χ2v) is 9.41. The highest BCUT2D eigenvalue weighted by Crippen LogP contribution is 2.33. The zero-order valence-electron chi connectivity index (χ0n) is 14.2. The lowest BCUT2D eigenvalue weighted by Gasteiger charge is -2.31. The number of rotatable bonds is 4. The van der Waals surface area contributed by atoms with Gasteiger partial charge in [0.2, 0.25) is 15.9 Å². The number of halogens is 3. The van der Waals surface area contributed by atoms with Crippen LogP contribution in [0.3, 0.4) is 0 Å². The van der Waals surface area contributed by atoms with Gasteiger partial charge in [-0.1, -0.05) is 53.0 Å². The Bertz CT molecular complexity index is 952. The third kappa shape index (κ3) is 4.58. The molecule has 0 radical (unpaired) electrons. The van der Waals surface area contributed by atoms with E-state index in [0.717, 1.165) is 0 Å². The van der Waals surface area contributed by atoms with E-state index < -0.39 is 15.9 Å². The molecule has 9 heteroatoms. The van der Waals surface area contributed by atoms with Gasteiger partial charge in [-0.05, 0) is 37.1 Å². The molecule has 1 saturated heterocycles. The third-order valence-corrected chi connectivity index (χ3v) is 7.32. The van der Waals surface area contributed by atoms with Crippen LogP contribution in [0.2, 0.25) is 15.1 Å². The molecular formula is C18H17Cl3N2O3S. The Hall–Kier alpha value is -1.31. The molecule has 0 bridgehead atoms. The Morgan fingerprint density at radius 3 is 2.41 bits per heavy atom. The van der Waals surface area contributed by atoms with Gasteiger partial charge in [0.05, 0.1) is 31.6 Å². The first-order valence-corrected chi connectivity index (χ1v) is 10.9. The molecule has 2 aromatic rings. The summed E-state index contributed by atoms with van der Waals surface area (Å²) in [7, 11) is -3.63. The lowest BCUT2D eigenvalue weighted by atomic mass is 9.98. The smallest absolute Gasteiger partial charge is 0.243 e. The number of anilines is 1. The summed E-state index contributed by atoms with van der Waals surface area (Å²) in [6.45, 7) is 0.497. The highest BCUT2D eigenvalue weighted by Gasteiger charge is 2.33. The molecule has 144 valence electrons. The van der Waals surface area contributed by atoms with E-state index in [2.05, 4.69) is 5.32 Å². The monoisotopic (exact) mass is 446 g/mol. The summed E-state index contributed by atoms with van der Waals surface area (Å²) in [5, 5.41) is 3.55. The van der Waals surface area contributed by atoms with Gasteiger partial charge < -0.3 is 5.32 Å². The average Bonchev–Trinajstić information content (AvgIpc) is 2.67. The molecule has 1 atom stereocenters. The lowest BCUT2D eigenvalue weighted by Crippen LogP contribution is -2.43. The number of nitrogens with one attached hydrogen (secondary N) is 1. The molecule has 3 rings (SSSR count). The molecule has 1 amide bonds.